The third-order valence-electron chi connectivity index (χ3n) is 3.27. The molecule has 6 heteroatoms. The van der Waals surface area contributed by atoms with Crippen molar-refractivity contribution in [1.82, 2.24) is 4.31 Å². The molecule has 1 fully saturated rings. The van der Waals surface area contributed by atoms with Crippen molar-refractivity contribution in [3.05, 3.63) is 18.2 Å². The van der Waals surface area contributed by atoms with E-state index in [-0.39, 0.29) is 16.3 Å². The number of nitrogens with two attached hydrogens (primary N) is 1. The average molecular weight is 284 g/mol. The Balaban J connectivity index is 2.28. The predicted molar refractivity (Wildman–Crippen MR) is 74.3 cm³/mol. The standard InChI is InChI=1S/C13H20N2O3S/c1-2-7-15(9-10-3-4-10)19(17,18)11-5-6-13(16)12(14)8-11/h5-6,8,10,16H,2-4,7,9,14H2,1H3. The SMILES string of the molecule is CCCN(CC1CC1)S(=O)(=O)c1ccc(O)c(N)c1. The Morgan fingerprint density at radius 3 is 2.63 bits per heavy atom. The van der Waals surface area contributed by atoms with Gasteiger partial charge >= 0.3 is 0 Å². The normalized spacial score (nSPS) is 15.9. The van der Waals surface area contributed by atoms with E-state index in [1.807, 2.05) is 6.92 Å². The van der Waals surface area contributed by atoms with Crippen molar-refractivity contribution in [2.24, 2.45) is 5.92 Å². The molecule has 0 heterocycles. The van der Waals surface area contributed by atoms with Gasteiger partial charge in [-0.15, -0.1) is 0 Å². The maximum atomic E-state index is 12.5. The molecule has 106 valence electrons. The number of phenols is 1. The van der Waals surface area contributed by atoms with Gasteiger partial charge in [0.25, 0.3) is 0 Å². The summed E-state index contributed by atoms with van der Waals surface area (Å²) in [6, 6.07) is 4.04. The summed E-state index contributed by atoms with van der Waals surface area (Å²) in [6.07, 6.45) is 2.99. The van der Waals surface area contributed by atoms with E-state index in [1.165, 1.54) is 22.5 Å². The molecule has 1 aromatic carbocycles. The Hall–Kier alpha value is -1.27. The van der Waals surface area contributed by atoms with E-state index in [1.54, 1.807) is 0 Å². The molecule has 0 atom stereocenters. The highest BCUT2D eigenvalue weighted by Gasteiger charge is 2.31. The molecule has 0 aromatic heterocycles. The molecule has 0 bridgehead atoms. The minimum Gasteiger partial charge on any atom is -0.506 e. The zero-order valence-corrected chi connectivity index (χ0v) is 11.9. The maximum absolute atomic E-state index is 12.5. The number of sulfonamides is 1. The fraction of sp³-hybridized carbons (Fsp3) is 0.538. The molecule has 0 amide bonds. The second kappa shape index (κ2) is 5.38. The van der Waals surface area contributed by atoms with Gasteiger partial charge in [-0.05, 0) is 43.4 Å². The Morgan fingerprint density at radius 2 is 2.11 bits per heavy atom. The lowest BCUT2D eigenvalue weighted by Crippen LogP contribution is -2.33. The van der Waals surface area contributed by atoms with Crippen molar-refractivity contribution < 1.29 is 13.5 Å². The van der Waals surface area contributed by atoms with E-state index in [9.17, 15) is 13.5 Å². The molecule has 1 aromatic rings. The summed E-state index contributed by atoms with van der Waals surface area (Å²) in [5.74, 6) is 0.402. The molecule has 3 N–H and O–H groups in total. The molecule has 2 rings (SSSR count). The summed E-state index contributed by atoms with van der Waals surface area (Å²) in [6.45, 7) is 3.05. The number of hydrogen-bond donors (Lipinski definition) is 2. The van der Waals surface area contributed by atoms with E-state index in [2.05, 4.69) is 0 Å². The topological polar surface area (TPSA) is 83.6 Å². The van der Waals surface area contributed by atoms with E-state index in [4.69, 9.17) is 5.73 Å². The van der Waals surface area contributed by atoms with Crippen molar-refractivity contribution in [3.63, 3.8) is 0 Å². The number of nitrogens with zero attached hydrogens (tertiary/aromatic N) is 1. The van der Waals surface area contributed by atoms with Crippen LogP contribution >= 0.6 is 0 Å². The Kier molecular flexibility index (Phi) is 4.01. The smallest absolute Gasteiger partial charge is 0.243 e. The molecule has 1 aliphatic rings. The van der Waals surface area contributed by atoms with Crippen LogP contribution in [0.3, 0.4) is 0 Å². The van der Waals surface area contributed by atoms with Gasteiger partial charge in [0.2, 0.25) is 10.0 Å². The average Bonchev–Trinajstić information content (AvgIpc) is 3.16. The lowest BCUT2D eigenvalue weighted by molar-refractivity contribution is 0.395. The Morgan fingerprint density at radius 1 is 1.42 bits per heavy atom. The maximum Gasteiger partial charge on any atom is 0.243 e. The third kappa shape index (κ3) is 3.19. The van der Waals surface area contributed by atoms with Crippen LogP contribution in [0, 0.1) is 5.92 Å². The van der Waals surface area contributed by atoms with E-state index in [0.29, 0.717) is 19.0 Å². The van der Waals surface area contributed by atoms with Crippen LogP contribution in [0.15, 0.2) is 23.1 Å². The van der Waals surface area contributed by atoms with Crippen LogP contribution in [0.1, 0.15) is 26.2 Å². The van der Waals surface area contributed by atoms with Crippen molar-refractivity contribution in [2.75, 3.05) is 18.8 Å². The summed E-state index contributed by atoms with van der Waals surface area (Å²) in [5, 5.41) is 9.37. The van der Waals surface area contributed by atoms with Gasteiger partial charge in [-0.2, -0.15) is 4.31 Å². The highest BCUT2D eigenvalue weighted by molar-refractivity contribution is 7.89. The Bertz CT molecular complexity index is 553. The molecular formula is C13H20N2O3S. The molecule has 0 spiro atoms. The molecule has 0 aliphatic heterocycles. The van der Waals surface area contributed by atoms with Gasteiger partial charge in [-0.3, -0.25) is 0 Å². The van der Waals surface area contributed by atoms with Crippen molar-refractivity contribution in [3.8, 4) is 5.75 Å². The highest BCUT2D eigenvalue weighted by atomic mass is 32.2. The molecule has 0 unspecified atom stereocenters. The highest BCUT2D eigenvalue weighted by Crippen LogP contribution is 2.32. The van der Waals surface area contributed by atoms with Gasteiger partial charge < -0.3 is 10.8 Å². The fourth-order valence-corrected chi connectivity index (χ4v) is 3.63. The Labute approximate surface area is 114 Å². The molecule has 5 nitrogen and oxygen atoms in total. The van der Waals surface area contributed by atoms with Crippen molar-refractivity contribution in [1.29, 1.82) is 0 Å². The quantitative estimate of drug-likeness (QED) is 0.616. The van der Waals surface area contributed by atoms with Gasteiger partial charge in [0.15, 0.2) is 0 Å². The lowest BCUT2D eigenvalue weighted by Gasteiger charge is -2.21. The predicted octanol–water partition coefficient (Wildman–Crippen LogP) is 1.79. The number of phenolic OH excluding ortho intramolecular Hbond substituents is 1. The number of anilines is 1. The first-order valence-electron chi connectivity index (χ1n) is 6.53. The number of hydrogen-bond acceptors (Lipinski definition) is 4. The molecule has 1 aliphatic carbocycles. The van der Waals surface area contributed by atoms with Gasteiger partial charge in [0.05, 0.1) is 10.6 Å². The number of nitrogen functional groups attached to an aromatic ring is 1. The van der Waals surface area contributed by atoms with Crippen LogP contribution in [0.4, 0.5) is 5.69 Å². The molecule has 0 radical (unpaired) electrons. The molecule has 0 saturated heterocycles. The summed E-state index contributed by atoms with van der Waals surface area (Å²) in [7, 11) is -3.52. The molecule has 19 heavy (non-hydrogen) atoms. The lowest BCUT2D eigenvalue weighted by atomic mass is 10.3. The second-order valence-corrected chi connectivity index (χ2v) is 6.96. The first kappa shape index (κ1) is 14.1. The fourth-order valence-electron chi connectivity index (χ4n) is 1.99. The summed E-state index contributed by atoms with van der Waals surface area (Å²) < 4.78 is 26.6. The third-order valence-corrected chi connectivity index (χ3v) is 5.13. The zero-order chi connectivity index (χ0) is 14.0. The van der Waals surface area contributed by atoms with Crippen LogP contribution in [-0.4, -0.2) is 30.9 Å². The minimum absolute atomic E-state index is 0.0870. The number of benzene rings is 1. The van der Waals surface area contributed by atoms with Gasteiger partial charge in [0, 0.05) is 13.1 Å². The number of aromatic hydroxyl groups is 1. The molecule has 1 saturated carbocycles. The van der Waals surface area contributed by atoms with E-state index < -0.39 is 10.0 Å². The van der Waals surface area contributed by atoms with Crippen LogP contribution in [0.2, 0.25) is 0 Å². The number of rotatable bonds is 6. The van der Waals surface area contributed by atoms with Gasteiger partial charge in [0.1, 0.15) is 5.75 Å². The van der Waals surface area contributed by atoms with Crippen LogP contribution in [-0.2, 0) is 10.0 Å². The van der Waals surface area contributed by atoms with Crippen LogP contribution < -0.4 is 5.73 Å². The van der Waals surface area contributed by atoms with Gasteiger partial charge in [-0.25, -0.2) is 8.42 Å². The monoisotopic (exact) mass is 284 g/mol. The van der Waals surface area contributed by atoms with Crippen LogP contribution in [0.25, 0.3) is 0 Å². The minimum atomic E-state index is -3.52. The van der Waals surface area contributed by atoms with Crippen molar-refractivity contribution >= 4 is 15.7 Å². The largest absolute Gasteiger partial charge is 0.506 e. The first-order valence-corrected chi connectivity index (χ1v) is 7.97. The van der Waals surface area contributed by atoms with E-state index >= 15 is 0 Å². The van der Waals surface area contributed by atoms with Crippen molar-refractivity contribution in [2.45, 2.75) is 31.1 Å². The van der Waals surface area contributed by atoms with Crippen LogP contribution in [0.5, 0.6) is 5.75 Å². The van der Waals surface area contributed by atoms with Gasteiger partial charge in [-0.1, -0.05) is 6.92 Å². The molecular weight excluding hydrogens is 264 g/mol. The zero-order valence-electron chi connectivity index (χ0n) is 11.0. The summed E-state index contributed by atoms with van der Waals surface area (Å²) >= 11 is 0. The summed E-state index contributed by atoms with van der Waals surface area (Å²) in [5.41, 5.74) is 5.66. The van der Waals surface area contributed by atoms with E-state index in [0.717, 1.165) is 19.3 Å². The summed E-state index contributed by atoms with van der Waals surface area (Å²) in [4.78, 5) is 0.150. The second-order valence-electron chi connectivity index (χ2n) is 5.03. The first-order chi connectivity index (χ1) is 8.95.